The minimum absolute atomic E-state index is 0.122. The van der Waals surface area contributed by atoms with Crippen LogP contribution in [0.2, 0.25) is 0 Å². The van der Waals surface area contributed by atoms with Crippen molar-refractivity contribution in [1.29, 1.82) is 0 Å². The number of rotatable bonds is 7. The Morgan fingerprint density at radius 3 is 2.71 bits per heavy atom. The van der Waals surface area contributed by atoms with Crippen molar-refractivity contribution >= 4 is 17.7 Å². The predicted molar refractivity (Wildman–Crippen MR) is 115 cm³/mol. The smallest absolute Gasteiger partial charge is 0.223 e. The molecule has 1 heterocycles. The maximum atomic E-state index is 12.9. The normalized spacial score (nSPS) is 19.9. The molecule has 1 unspecified atom stereocenters. The van der Waals surface area contributed by atoms with E-state index in [4.69, 9.17) is 4.74 Å². The number of nitrogens with zero attached hydrogens (tertiary/aromatic N) is 1. The number of benzene rings is 2. The molecule has 1 aliphatic heterocycles. The molecular formula is C24H29NO2S. The molecule has 1 aliphatic carbocycles. The van der Waals surface area contributed by atoms with Gasteiger partial charge in [-0.25, -0.2) is 0 Å². The van der Waals surface area contributed by atoms with E-state index in [0.29, 0.717) is 18.9 Å². The molecule has 1 saturated heterocycles. The molecule has 4 rings (SSSR count). The summed E-state index contributed by atoms with van der Waals surface area (Å²) < 4.78 is 5.99. The van der Waals surface area contributed by atoms with Gasteiger partial charge in [0.2, 0.25) is 5.91 Å². The SMILES string of the molecule is O=C(CCC1CCCC1)N1CCSC1c1cccc(OCc2ccccc2)c1. The van der Waals surface area contributed by atoms with Crippen LogP contribution in [-0.2, 0) is 11.4 Å². The van der Waals surface area contributed by atoms with Crippen molar-refractivity contribution in [2.45, 2.75) is 50.5 Å². The average Bonchev–Trinajstić information content (AvgIpc) is 3.43. The summed E-state index contributed by atoms with van der Waals surface area (Å²) in [4.78, 5) is 14.9. The topological polar surface area (TPSA) is 29.5 Å². The van der Waals surface area contributed by atoms with Gasteiger partial charge in [0.1, 0.15) is 17.7 Å². The molecule has 0 spiro atoms. The van der Waals surface area contributed by atoms with Crippen molar-refractivity contribution in [3.05, 3.63) is 65.7 Å². The molecule has 1 atom stereocenters. The Balaban J connectivity index is 1.37. The van der Waals surface area contributed by atoms with Crippen LogP contribution < -0.4 is 4.74 Å². The van der Waals surface area contributed by atoms with Gasteiger partial charge in [-0.3, -0.25) is 4.79 Å². The van der Waals surface area contributed by atoms with Gasteiger partial charge in [0.15, 0.2) is 0 Å². The summed E-state index contributed by atoms with van der Waals surface area (Å²) in [6, 6.07) is 18.5. The van der Waals surface area contributed by atoms with Gasteiger partial charge in [-0.05, 0) is 35.6 Å². The van der Waals surface area contributed by atoms with Crippen molar-refractivity contribution in [3.63, 3.8) is 0 Å². The number of hydrogen-bond acceptors (Lipinski definition) is 3. The fourth-order valence-electron chi connectivity index (χ4n) is 4.27. The van der Waals surface area contributed by atoms with E-state index >= 15 is 0 Å². The van der Waals surface area contributed by atoms with Crippen LogP contribution in [0.3, 0.4) is 0 Å². The number of thioether (sulfide) groups is 1. The Kier molecular flexibility index (Phi) is 6.58. The van der Waals surface area contributed by atoms with Crippen LogP contribution in [0.4, 0.5) is 0 Å². The number of hydrogen-bond donors (Lipinski definition) is 0. The van der Waals surface area contributed by atoms with Crippen LogP contribution in [-0.4, -0.2) is 23.1 Å². The van der Waals surface area contributed by atoms with Gasteiger partial charge < -0.3 is 9.64 Å². The second kappa shape index (κ2) is 9.51. The second-order valence-corrected chi connectivity index (χ2v) is 9.03. The second-order valence-electron chi connectivity index (χ2n) is 7.85. The van der Waals surface area contributed by atoms with Crippen LogP contribution in [0.5, 0.6) is 5.75 Å². The minimum Gasteiger partial charge on any atom is -0.489 e. The lowest BCUT2D eigenvalue weighted by atomic mass is 10.0. The molecule has 0 N–H and O–H groups in total. The summed E-state index contributed by atoms with van der Waals surface area (Å²) in [6.07, 6.45) is 7.07. The Hall–Kier alpha value is -1.94. The Morgan fingerprint density at radius 1 is 1.07 bits per heavy atom. The van der Waals surface area contributed by atoms with Crippen LogP contribution in [0.15, 0.2) is 54.6 Å². The molecule has 3 nitrogen and oxygen atoms in total. The highest BCUT2D eigenvalue weighted by Gasteiger charge is 2.31. The van der Waals surface area contributed by atoms with E-state index in [9.17, 15) is 4.79 Å². The Bertz CT molecular complexity index is 773. The first-order valence-corrected chi connectivity index (χ1v) is 11.5. The molecule has 1 amide bonds. The van der Waals surface area contributed by atoms with Crippen molar-refractivity contribution in [2.75, 3.05) is 12.3 Å². The van der Waals surface area contributed by atoms with E-state index in [0.717, 1.165) is 35.9 Å². The third kappa shape index (κ3) is 4.91. The Labute approximate surface area is 172 Å². The van der Waals surface area contributed by atoms with E-state index in [1.54, 1.807) is 0 Å². The number of ether oxygens (including phenoxy) is 1. The molecular weight excluding hydrogens is 366 g/mol. The molecule has 28 heavy (non-hydrogen) atoms. The maximum absolute atomic E-state index is 12.9. The number of carbonyl (C=O) groups excluding carboxylic acids is 1. The predicted octanol–water partition coefficient (Wildman–Crippen LogP) is 5.81. The number of amides is 1. The lowest BCUT2D eigenvalue weighted by Gasteiger charge is -2.25. The zero-order valence-electron chi connectivity index (χ0n) is 16.4. The van der Waals surface area contributed by atoms with Gasteiger partial charge >= 0.3 is 0 Å². The van der Waals surface area contributed by atoms with Gasteiger partial charge in [-0.2, -0.15) is 0 Å². The van der Waals surface area contributed by atoms with E-state index in [1.165, 1.54) is 31.2 Å². The summed E-state index contributed by atoms with van der Waals surface area (Å²) >= 11 is 1.86. The first kappa shape index (κ1) is 19.4. The molecule has 2 aromatic rings. The quantitative estimate of drug-likeness (QED) is 0.592. The zero-order chi connectivity index (χ0) is 19.2. The van der Waals surface area contributed by atoms with E-state index in [-0.39, 0.29) is 5.37 Å². The molecule has 0 bridgehead atoms. The van der Waals surface area contributed by atoms with Crippen LogP contribution >= 0.6 is 11.8 Å². The van der Waals surface area contributed by atoms with Crippen molar-refractivity contribution in [2.24, 2.45) is 5.92 Å². The molecule has 1 saturated carbocycles. The van der Waals surface area contributed by atoms with Gasteiger partial charge in [0.05, 0.1) is 0 Å². The summed E-state index contributed by atoms with van der Waals surface area (Å²) in [5.41, 5.74) is 2.33. The zero-order valence-corrected chi connectivity index (χ0v) is 17.2. The van der Waals surface area contributed by atoms with Gasteiger partial charge in [0.25, 0.3) is 0 Å². The molecule has 4 heteroatoms. The summed E-state index contributed by atoms with van der Waals surface area (Å²) in [5.74, 6) is 2.96. The standard InChI is InChI=1S/C24H29NO2S/c26-23(14-13-19-7-4-5-8-19)25-15-16-28-24(25)21-11-6-12-22(17-21)27-18-20-9-2-1-3-10-20/h1-3,6,9-12,17,19,24H,4-5,7-8,13-16,18H2. The molecule has 0 radical (unpaired) electrons. The first-order valence-electron chi connectivity index (χ1n) is 10.5. The van der Waals surface area contributed by atoms with Crippen LogP contribution in [0.1, 0.15) is 55.0 Å². The molecule has 2 fully saturated rings. The first-order chi connectivity index (χ1) is 13.8. The third-order valence-corrected chi connectivity index (χ3v) is 7.10. The summed E-state index contributed by atoms with van der Waals surface area (Å²) in [7, 11) is 0. The van der Waals surface area contributed by atoms with E-state index in [1.807, 2.05) is 42.1 Å². The Morgan fingerprint density at radius 2 is 1.89 bits per heavy atom. The van der Waals surface area contributed by atoms with Crippen LogP contribution in [0, 0.1) is 5.92 Å². The maximum Gasteiger partial charge on any atom is 0.223 e. The molecule has 2 aromatic carbocycles. The van der Waals surface area contributed by atoms with E-state index < -0.39 is 0 Å². The average molecular weight is 396 g/mol. The lowest BCUT2D eigenvalue weighted by molar-refractivity contribution is -0.131. The van der Waals surface area contributed by atoms with Crippen molar-refractivity contribution < 1.29 is 9.53 Å². The number of carbonyl (C=O) groups is 1. The molecule has 2 aliphatic rings. The summed E-state index contributed by atoms with van der Waals surface area (Å²) in [6.45, 7) is 1.42. The highest BCUT2D eigenvalue weighted by molar-refractivity contribution is 7.99. The summed E-state index contributed by atoms with van der Waals surface area (Å²) in [5, 5.41) is 0.122. The van der Waals surface area contributed by atoms with Gasteiger partial charge in [0, 0.05) is 18.7 Å². The largest absolute Gasteiger partial charge is 0.489 e. The van der Waals surface area contributed by atoms with Gasteiger partial charge in [-0.15, -0.1) is 11.8 Å². The van der Waals surface area contributed by atoms with Gasteiger partial charge in [-0.1, -0.05) is 68.1 Å². The fraction of sp³-hybridized carbons (Fsp3) is 0.458. The lowest BCUT2D eigenvalue weighted by Crippen LogP contribution is -2.30. The van der Waals surface area contributed by atoms with Crippen LogP contribution in [0.25, 0.3) is 0 Å². The fourth-order valence-corrected chi connectivity index (χ4v) is 5.54. The van der Waals surface area contributed by atoms with Crippen molar-refractivity contribution in [1.82, 2.24) is 4.90 Å². The van der Waals surface area contributed by atoms with Crippen molar-refractivity contribution in [3.8, 4) is 5.75 Å². The van der Waals surface area contributed by atoms with E-state index in [2.05, 4.69) is 29.2 Å². The highest BCUT2D eigenvalue weighted by Crippen LogP contribution is 2.40. The third-order valence-electron chi connectivity index (χ3n) is 5.84. The minimum atomic E-state index is 0.122. The monoisotopic (exact) mass is 395 g/mol. The molecule has 148 valence electrons. The molecule has 0 aromatic heterocycles. The highest BCUT2D eigenvalue weighted by atomic mass is 32.2.